The first kappa shape index (κ1) is 10.2. The van der Waals surface area contributed by atoms with Crippen molar-refractivity contribution >= 4 is 29.5 Å². The Kier molecular flexibility index (Phi) is 2.26. The maximum absolute atomic E-state index is 10.5. The third-order valence-corrected chi connectivity index (χ3v) is 3.44. The van der Waals surface area contributed by atoms with Gasteiger partial charge in [0, 0.05) is 11.0 Å². The van der Waals surface area contributed by atoms with Crippen LogP contribution in [-0.2, 0) is 4.79 Å². The van der Waals surface area contributed by atoms with E-state index in [0.29, 0.717) is 0 Å². The molecule has 0 saturated heterocycles. The molecule has 4 nitrogen and oxygen atoms in total. The maximum atomic E-state index is 10.5. The van der Waals surface area contributed by atoms with E-state index < -0.39 is 5.97 Å². The molecule has 0 fully saturated rings. The first-order valence-electron chi connectivity index (χ1n) is 5.01. The number of nitrogens with zero attached hydrogens (tertiary/aromatic N) is 2. The Morgan fingerprint density at radius 1 is 1.47 bits per heavy atom. The average Bonchev–Trinajstić information content (AvgIpc) is 2.72. The minimum absolute atomic E-state index is 0.896. The summed E-state index contributed by atoms with van der Waals surface area (Å²) >= 11 is 1.53. The first-order chi connectivity index (χ1) is 8.24. The van der Waals surface area contributed by atoms with Crippen LogP contribution in [0.1, 0.15) is 5.69 Å². The Labute approximate surface area is 101 Å². The molecule has 0 unspecified atom stereocenters. The molecule has 0 atom stereocenters. The van der Waals surface area contributed by atoms with Crippen molar-refractivity contribution < 1.29 is 9.90 Å². The van der Waals surface area contributed by atoms with E-state index in [2.05, 4.69) is 4.98 Å². The Balaban J connectivity index is 2.10. The molecule has 17 heavy (non-hydrogen) atoms. The van der Waals surface area contributed by atoms with Gasteiger partial charge in [-0.05, 0) is 24.3 Å². The number of allylic oxidation sites excluding steroid dienone is 1. The van der Waals surface area contributed by atoms with E-state index in [1.807, 2.05) is 28.7 Å². The van der Waals surface area contributed by atoms with Gasteiger partial charge >= 0.3 is 5.97 Å². The molecule has 0 amide bonds. The van der Waals surface area contributed by atoms with Crippen LogP contribution in [0.25, 0.3) is 11.7 Å². The smallest absolute Gasteiger partial charge is 0.328 e. The molecule has 0 spiro atoms. The summed E-state index contributed by atoms with van der Waals surface area (Å²) in [5.41, 5.74) is 1.88. The highest BCUT2D eigenvalue weighted by Gasteiger charge is 2.13. The molecule has 3 heterocycles. The number of carbonyl (C=O) groups is 1. The summed E-state index contributed by atoms with van der Waals surface area (Å²) in [5, 5.41) is 9.66. The van der Waals surface area contributed by atoms with Crippen molar-refractivity contribution in [2.75, 3.05) is 0 Å². The summed E-state index contributed by atoms with van der Waals surface area (Å²) in [4.78, 5) is 15.7. The number of carboxylic acid groups (broad SMARTS) is 1. The van der Waals surface area contributed by atoms with Gasteiger partial charge in [0.2, 0.25) is 0 Å². The summed E-state index contributed by atoms with van der Waals surface area (Å²) in [6, 6.07) is 5.88. The lowest BCUT2D eigenvalue weighted by Crippen LogP contribution is -1.97. The van der Waals surface area contributed by atoms with Gasteiger partial charge in [-0.25, -0.2) is 9.78 Å². The number of hydrogen-bond acceptors (Lipinski definition) is 3. The topological polar surface area (TPSA) is 54.6 Å². The van der Waals surface area contributed by atoms with Crippen LogP contribution in [0.15, 0.2) is 46.5 Å². The number of hydrogen-bond donors (Lipinski definition) is 1. The molecule has 0 aromatic carbocycles. The lowest BCUT2D eigenvalue weighted by atomic mass is 10.3. The third-order valence-electron chi connectivity index (χ3n) is 2.42. The Morgan fingerprint density at radius 2 is 2.35 bits per heavy atom. The highest BCUT2D eigenvalue weighted by molar-refractivity contribution is 8.03. The Hall–Kier alpha value is -2.01. The van der Waals surface area contributed by atoms with E-state index in [9.17, 15) is 4.79 Å². The van der Waals surface area contributed by atoms with Gasteiger partial charge in [-0.2, -0.15) is 0 Å². The van der Waals surface area contributed by atoms with Crippen molar-refractivity contribution in [2.45, 2.75) is 5.03 Å². The van der Waals surface area contributed by atoms with Gasteiger partial charge in [0.05, 0.1) is 16.9 Å². The summed E-state index contributed by atoms with van der Waals surface area (Å²) in [7, 11) is 0. The minimum Gasteiger partial charge on any atom is -0.478 e. The number of pyridine rings is 1. The molecule has 84 valence electrons. The second kappa shape index (κ2) is 3.78. The van der Waals surface area contributed by atoms with Gasteiger partial charge in [0.1, 0.15) is 5.65 Å². The normalized spacial score (nSPS) is 14.2. The molecular formula is C12H8N2O2S. The van der Waals surface area contributed by atoms with Gasteiger partial charge in [-0.1, -0.05) is 17.8 Å². The van der Waals surface area contributed by atoms with Crippen molar-refractivity contribution in [3.8, 4) is 0 Å². The molecule has 2 aromatic rings. The highest BCUT2D eigenvalue weighted by Crippen LogP contribution is 2.34. The van der Waals surface area contributed by atoms with E-state index in [1.54, 1.807) is 12.3 Å². The van der Waals surface area contributed by atoms with Crippen LogP contribution in [0.5, 0.6) is 0 Å². The van der Waals surface area contributed by atoms with Crippen LogP contribution in [0.3, 0.4) is 0 Å². The molecule has 1 aliphatic heterocycles. The van der Waals surface area contributed by atoms with Gasteiger partial charge < -0.3 is 5.11 Å². The van der Waals surface area contributed by atoms with Crippen LogP contribution < -0.4 is 0 Å². The monoisotopic (exact) mass is 244 g/mol. The van der Waals surface area contributed by atoms with Gasteiger partial charge in [0.25, 0.3) is 0 Å². The van der Waals surface area contributed by atoms with Crippen molar-refractivity contribution in [3.63, 3.8) is 0 Å². The largest absolute Gasteiger partial charge is 0.478 e. The van der Waals surface area contributed by atoms with Crippen LogP contribution in [0.4, 0.5) is 0 Å². The van der Waals surface area contributed by atoms with Gasteiger partial charge in [-0.15, -0.1) is 0 Å². The molecule has 3 rings (SSSR count). The van der Waals surface area contributed by atoms with E-state index in [1.165, 1.54) is 11.8 Å². The fourth-order valence-electron chi connectivity index (χ4n) is 1.74. The molecule has 1 aliphatic rings. The van der Waals surface area contributed by atoms with Crippen LogP contribution in [-0.4, -0.2) is 20.5 Å². The van der Waals surface area contributed by atoms with Crippen molar-refractivity contribution in [2.24, 2.45) is 0 Å². The van der Waals surface area contributed by atoms with Crippen molar-refractivity contribution in [1.82, 2.24) is 9.38 Å². The fraction of sp³-hybridized carbons (Fsp3) is 0. The average molecular weight is 244 g/mol. The fourth-order valence-corrected chi connectivity index (χ4v) is 2.74. The molecule has 0 saturated carbocycles. The number of thioether (sulfide) groups is 1. The van der Waals surface area contributed by atoms with E-state index in [4.69, 9.17) is 5.11 Å². The first-order valence-corrected chi connectivity index (χ1v) is 5.83. The molecule has 5 heteroatoms. The quantitative estimate of drug-likeness (QED) is 0.824. The molecule has 0 radical (unpaired) electrons. The second-order valence-electron chi connectivity index (χ2n) is 3.56. The SMILES string of the molecule is O=C(O)C=CC1=Cc2cnc3cccc(n23)S1. The van der Waals surface area contributed by atoms with Crippen LogP contribution in [0.2, 0.25) is 0 Å². The van der Waals surface area contributed by atoms with Crippen LogP contribution in [0, 0.1) is 0 Å². The number of aliphatic carboxylic acids is 1. The predicted octanol–water partition coefficient (Wildman–Crippen LogP) is 2.42. The van der Waals surface area contributed by atoms with Crippen molar-refractivity contribution in [3.05, 3.63) is 47.1 Å². The summed E-state index contributed by atoms with van der Waals surface area (Å²) in [6.45, 7) is 0. The van der Waals surface area contributed by atoms with Crippen LogP contribution >= 0.6 is 11.8 Å². The highest BCUT2D eigenvalue weighted by atomic mass is 32.2. The number of rotatable bonds is 2. The third kappa shape index (κ3) is 1.74. The van der Waals surface area contributed by atoms with Crippen molar-refractivity contribution in [1.29, 1.82) is 0 Å². The van der Waals surface area contributed by atoms with Gasteiger partial charge in [-0.3, -0.25) is 4.40 Å². The van der Waals surface area contributed by atoms with Gasteiger partial charge in [0.15, 0.2) is 0 Å². The predicted molar refractivity (Wildman–Crippen MR) is 65.8 cm³/mol. The minimum atomic E-state index is -0.941. The second-order valence-corrected chi connectivity index (χ2v) is 4.65. The summed E-state index contributed by atoms with van der Waals surface area (Å²) in [6.07, 6.45) is 6.46. The van der Waals surface area contributed by atoms with E-state index >= 15 is 0 Å². The van der Waals surface area contributed by atoms with E-state index in [0.717, 1.165) is 27.3 Å². The standard InChI is InChI=1S/C12H8N2O2S/c15-12(16)5-4-9-6-8-7-13-10-2-1-3-11(17-9)14(8)10/h1-7H,(H,15,16). The Morgan fingerprint density at radius 3 is 3.18 bits per heavy atom. The molecule has 2 aromatic heterocycles. The summed E-state index contributed by atoms with van der Waals surface area (Å²) in [5.74, 6) is -0.941. The lowest BCUT2D eigenvalue weighted by Gasteiger charge is -2.12. The zero-order valence-corrected chi connectivity index (χ0v) is 9.52. The Bertz CT molecular complexity index is 670. The number of aromatic nitrogens is 2. The molecule has 0 aliphatic carbocycles. The van der Waals surface area contributed by atoms with E-state index in [-0.39, 0.29) is 0 Å². The zero-order chi connectivity index (χ0) is 11.8. The zero-order valence-electron chi connectivity index (χ0n) is 8.70. The summed E-state index contributed by atoms with van der Waals surface area (Å²) < 4.78 is 2.04. The molecule has 1 N–H and O–H groups in total. The lowest BCUT2D eigenvalue weighted by molar-refractivity contribution is -0.131. The maximum Gasteiger partial charge on any atom is 0.328 e. The molecular weight excluding hydrogens is 236 g/mol. The number of carboxylic acids is 1. The molecule has 0 bridgehead atoms. The number of imidazole rings is 1.